The molecule has 0 atom stereocenters. The Morgan fingerprint density at radius 1 is 1.14 bits per heavy atom. The zero-order valence-corrected chi connectivity index (χ0v) is 12.7. The SMILES string of the molecule is Cc1noc(C)c1-c1cc(O)cc(CN2CCCCC2)c1. The lowest BCUT2D eigenvalue weighted by Crippen LogP contribution is -2.29. The molecule has 2 aromatic rings. The van der Waals surface area contributed by atoms with Crippen molar-refractivity contribution in [3.8, 4) is 16.9 Å². The molecule has 0 bridgehead atoms. The highest BCUT2D eigenvalue weighted by atomic mass is 16.5. The number of nitrogens with zero attached hydrogens (tertiary/aromatic N) is 2. The van der Waals surface area contributed by atoms with Gasteiger partial charge in [0.1, 0.15) is 11.5 Å². The number of phenolic OH excluding ortho intramolecular Hbond substituents is 1. The van der Waals surface area contributed by atoms with E-state index in [1.165, 1.54) is 19.3 Å². The molecule has 1 fully saturated rings. The van der Waals surface area contributed by atoms with Crippen molar-refractivity contribution >= 4 is 0 Å². The van der Waals surface area contributed by atoms with Gasteiger partial charge in [0, 0.05) is 12.1 Å². The summed E-state index contributed by atoms with van der Waals surface area (Å²) in [6.07, 6.45) is 3.88. The van der Waals surface area contributed by atoms with Gasteiger partial charge in [0.2, 0.25) is 0 Å². The van der Waals surface area contributed by atoms with Crippen LogP contribution in [0.25, 0.3) is 11.1 Å². The number of likely N-dealkylation sites (tertiary alicyclic amines) is 1. The van der Waals surface area contributed by atoms with Crippen molar-refractivity contribution in [2.75, 3.05) is 13.1 Å². The smallest absolute Gasteiger partial charge is 0.141 e. The van der Waals surface area contributed by atoms with Crippen LogP contribution in [0.5, 0.6) is 5.75 Å². The first-order valence-electron chi connectivity index (χ1n) is 7.62. The third-order valence-electron chi connectivity index (χ3n) is 4.15. The van der Waals surface area contributed by atoms with Crippen molar-refractivity contribution in [3.05, 3.63) is 35.2 Å². The highest BCUT2D eigenvalue weighted by molar-refractivity contribution is 5.69. The summed E-state index contributed by atoms with van der Waals surface area (Å²) in [5.41, 5.74) is 3.98. The van der Waals surface area contributed by atoms with Crippen molar-refractivity contribution < 1.29 is 9.63 Å². The van der Waals surface area contributed by atoms with Gasteiger partial charge in [-0.05, 0) is 69.1 Å². The minimum Gasteiger partial charge on any atom is -0.508 e. The zero-order valence-electron chi connectivity index (χ0n) is 12.7. The second-order valence-electron chi connectivity index (χ2n) is 5.92. The maximum Gasteiger partial charge on any atom is 0.141 e. The van der Waals surface area contributed by atoms with Gasteiger partial charge in [0.15, 0.2) is 0 Å². The number of aryl methyl sites for hydroxylation is 2. The van der Waals surface area contributed by atoms with Gasteiger partial charge in [-0.25, -0.2) is 0 Å². The minimum atomic E-state index is 0.305. The van der Waals surface area contributed by atoms with Crippen LogP contribution < -0.4 is 0 Å². The van der Waals surface area contributed by atoms with E-state index >= 15 is 0 Å². The van der Waals surface area contributed by atoms with Gasteiger partial charge >= 0.3 is 0 Å². The first-order valence-corrected chi connectivity index (χ1v) is 7.62. The van der Waals surface area contributed by atoms with Gasteiger partial charge < -0.3 is 9.63 Å². The number of benzene rings is 1. The Bertz CT molecular complexity index is 608. The molecule has 0 aliphatic carbocycles. The molecule has 4 heteroatoms. The topological polar surface area (TPSA) is 49.5 Å². The van der Waals surface area contributed by atoms with E-state index in [1.807, 2.05) is 19.9 Å². The monoisotopic (exact) mass is 286 g/mol. The summed E-state index contributed by atoms with van der Waals surface area (Å²) in [6, 6.07) is 5.78. The minimum absolute atomic E-state index is 0.305. The van der Waals surface area contributed by atoms with E-state index in [4.69, 9.17) is 4.52 Å². The zero-order chi connectivity index (χ0) is 14.8. The van der Waals surface area contributed by atoms with E-state index in [0.29, 0.717) is 5.75 Å². The average molecular weight is 286 g/mol. The fourth-order valence-electron chi connectivity index (χ4n) is 3.18. The molecule has 1 N–H and O–H groups in total. The Kier molecular flexibility index (Phi) is 3.97. The van der Waals surface area contributed by atoms with E-state index in [1.54, 1.807) is 6.07 Å². The highest BCUT2D eigenvalue weighted by Gasteiger charge is 2.15. The van der Waals surface area contributed by atoms with Crippen molar-refractivity contribution in [3.63, 3.8) is 0 Å². The fourth-order valence-corrected chi connectivity index (χ4v) is 3.18. The van der Waals surface area contributed by atoms with Crippen LogP contribution in [-0.2, 0) is 6.54 Å². The molecule has 1 aliphatic rings. The van der Waals surface area contributed by atoms with Crippen LogP contribution >= 0.6 is 0 Å². The number of rotatable bonds is 3. The molecular weight excluding hydrogens is 264 g/mol. The Balaban J connectivity index is 1.89. The molecule has 3 rings (SSSR count). The molecular formula is C17H22N2O2. The fraction of sp³-hybridized carbons (Fsp3) is 0.471. The number of hydrogen-bond donors (Lipinski definition) is 1. The van der Waals surface area contributed by atoms with Crippen LogP contribution in [0.3, 0.4) is 0 Å². The highest BCUT2D eigenvalue weighted by Crippen LogP contribution is 2.31. The molecule has 0 amide bonds. The second-order valence-corrected chi connectivity index (χ2v) is 5.92. The maximum absolute atomic E-state index is 10.0. The van der Waals surface area contributed by atoms with E-state index in [9.17, 15) is 5.11 Å². The van der Waals surface area contributed by atoms with Gasteiger partial charge in [-0.15, -0.1) is 0 Å². The van der Waals surface area contributed by atoms with E-state index in [-0.39, 0.29) is 0 Å². The Hall–Kier alpha value is -1.81. The van der Waals surface area contributed by atoms with Crippen LogP contribution in [0.4, 0.5) is 0 Å². The number of piperidine rings is 1. The van der Waals surface area contributed by atoms with Crippen molar-refractivity contribution in [2.24, 2.45) is 0 Å². The van der Waals surface area contributed by atoms with Crippen molar-refractivity contribution in [1.29, 1.82) is 0 Å². The maximum atomic E-state index is 10.0. The van der Waals surface area contributed by atoms with Crippen LogP contribution in [0.2, 0.25) is 0 Å². The van der Waals surface area contributed by atoms with E-state index in [2.05, 4.69) is 16.1 Å². The average Bonchev–Trinajstić information content (AvgIpc) is 2.78. The summed E-state index contributed by atoms with van der Waals surface area (Å²) < 4.78 is 5.24. The lowest BCUT2D eigenvalue weighted by Gasteiger charge is -2.26. The molecule has 0 saturated carbocycles. The van der Waals surface area contributed by atoms with E-state index in [0.717, 1.165) is 47.8 Å². The third kappa shape index (κ3) is 3.10. The van der Waals surface area contributed by atoms with E-state index < -0.39 is 0 Å². The Morgan fingerprint density at radius 2 is 1.90 bits per heavy atom. The molecule has 0 unspecified atom stereocenters. The largest absolute Gasteiger partial charge is 0.508 e. The number of hydrogen-bond acceptors (Lipinski definition) is 4. The van der Waals surface area contributed by atoms with Gasteiger partial charge in [0.05, 0.1) is 5.69 Å². The summed E-state index contributed by atoms with van der Waals surface area (Å²) in [7, 11) is 0. The van der Waals surface area contributed by atoms with Crippen molar-refractivity contribution in [1.82, 2.24) is 10.1 Å². The summed E-state index contributed by atoms with van der Waals surface area (Å²) in [5.74, 6) is 1.10. The summed E-state index contributed by atoms with van der Waals surface area (Å²) in [4.78, 5) is 2.45. The molecule has 4 nitrogen and oxygen atoms in total. The number of aromatic nitrogens is 1. The lowest BCUT2D eigenvalue weighted by atomic mass is 10.0. The van der Waals surface area contributed by atoms with Crippen LogP contribution in [0.15, 0.2) is 22.7 Å². The standard InChI is InChI=1S/C17H22N2O2/c1-12-17(13(2)21-18-12)15-8-14(9-16(20)10-15)11-19-6-4-3-5-7-19/h8-10,20H,3-7,11H2,1-2H3. The molecule has 1 aromatic carbocycles. The van der Waals surface area contributed by atoms with Crippen LogP contribution in [0.1, 0.15) is 36.3 Å². The van der Waals surface area contributed by atoms with Crippen LogP contribution in [0, 0.1) is 13.8 Å². The quantitative estimate of drug-likeness (QED) is 0.935. The normalized spacial score (nSPS) is 16.3. The van der Waals surface area contributed by atoms with Crippen LogP contribution in [-0.4, -0.2) is 28.3 Å². The first kappa shape index (κ1) is 14.1. The summed E-state index contributed by atoms with van der Waals surface area (Å²) >= 11 is 0. The second kappa shape index (κ2) is 5.90. The predicted molar refractivity (Wildman–Crippen MR) is 82.2 cm³/mol. The van der Waals surface area contributed by atoms with Gasteiger partial charge in [-0.3, -0.25) is 4.90 Å². The third-order valence-corrected chi connectivity index (χ3v) is 4.15. The van der Waals surface area contributed by atoms with Crippen molar-refractivity contribution in [2.45, 2.75) is 39.7 Å². The predicted octanol–water partition coefficient (Wildman–Crippen LogP) is 3.65. The van der Waals surface area contributed by atoms with Gasteiger partial charge in [-0.2, -0.15) is 0 Å². The summed E-state index contributed by atoms with van der Waals surface area (Å²) in [6.45, 7) is 7.03. The molecule has 21 heavy (non-hydrogen) atoms. The number of phenols is 1. The van der Waals surface area contributed by atoms with Gasteiger partial charge in [0.25, 0.3) is 0 Å². The Labute approximate surface area is 125 Å². The lowest BCUT2D eigenvalue weighted by molar-refractivity contribution is 0.220. The molecule has 0 spiro atoms. The molecule has 2 heterocycles. The molecule has 1 aliphatic heterocycles. The molecule has 1 aromatic heterocycles. The summed E-state index contributed by atoms with van der Waals surface area (Å²) in [5, 5.41) is 14.0. The molecule has 112 valence electrons. The molecule has 1 saturated heterocycles. The number of aromatic hydroxyl groups is 1. The Morgan fingerprint density at radius 3 is 2.57 bits per heavy atom. The first-order chi connectivity index (χ1) is 10.1. The molecule has 0 radical (unpaired) electrons. The van der Waals surface area contributed by atoms with Gasteiger partial charge in [-0.1, -0.05) is 11.6 Å².